The van der Waals surface area contributed by atoms with Crippen LogP contribution in [0.4, 0.5) is 5.13 Å². The molecule has 0 atom stereocenters. The first-order chi connectivity index (χ1) is 11.2. The summed E-state index contributed by atoms with van der Waals surface area (Å²) in [7, 11) is 0. The maximum Gasteiger partial charge on any atom is 0.264 e. The smallest absolute Gasteiger partial charge is 0.264 e. The van der Waals surface area contributed by atoms with Crippen LogP contribution in [0, 0.1) is 6.92 Å². The summed E-state index contributed by atoms with van der Waals surface area (Å²) < 4.78 is 5.39. The molecule has 0 aliphatic carbocycles. The second kappa shape index (κ2) is 7.02. The highest BCUT2D eigenvalue weighted by molar-refractivity contribution is 7.18. The van der Waals surface area contributed by atoms with E-state index < -0.39 is 0 Å². The van der Waals surface area contributed by atoms with Gasteiger partial charge in [0.05, 0.1) is 0 Å². The molecule has 0 fully saturated rings. The van der Waals surface area contributed by atoms with Crippen molar-refractivity contribution in [2.24, 2.45) is 0 Å². The monoisotopic (exact) mass is 325 g/mol. The lowest BCUT2D eigenvalue weighted by atomic mass is 10.2. The minimum Gasteiger partial charge on any atom is -0.484 e. The minimum absolute atomic E-state index is 0.0660. The minimum atomic E-state index is -0.263. The lowest BCUT2D eigenvalue weighted by Crippen LogP contribution is -2.20. The number of para-hydroxylation sites is 1. The highest BCUT2D eigenvalue weighted by Gasteiger charge is 2.10. The Morgan fingerprint density at radius 1 is 1.09 bits per heavy atom. The van der Waals surface area contributed by atoms with Crippen molar-refractivity contribution in [1.82, 2.24) is 10.2 Å². The van der Waals surface area contributed by atoms with Gasteiger partial charge in [-0.2, -0.15) is 0 Å². The van der Waals surface area contributed by atoms with Crippen molar-refractivity contribution in [3.63, 3.8) is 0 Å². The Bertz CT molecular complexity index is 785. The van der Waals surface area contributed by atoms with Crippen molar-refractivity contribution in [3.8, 4) is 16.3 Å². The van der Waals surface area contributed by atoms with E-state index in [1.54, 1.807) is 12.1 Å². The molecule has 0 unspecified atom stereocenters. The van der Waals surface area contributed by atoms with Crippen molar-refractivity contribution in [2.75, 3.05) is 11.9 Å². The Morgan fingerprint density at radius 2 is 1.83 bits per heavy atom. The number of anilines is 1. The number of carbonyl (C=O) groups is 1. The van der Waals surface area contributed by atoms with Crippen LogP contribution >= 0.6 is 11.3 Å². The largest absolute Gasteiger partial charge is 0.484 e. The predicted molar refractivity (Wildman–Crippen MR) is 90.6 cm³/mol. The Kier molecular flexibility index (Phi) is 4.63. The van der Waals surface area contributed by atoms with E-state index in [0.29, 0.717) is 10.9 Å². The molecule has 3 rings (SSSR count). The molecular formula is C17H15N3O2S. The molecule has 1 N–H and O–H groups in total. The molecule has 0 spiro atoms. The van der Waals surface area contributed by atoms with Crippen LogP contribution in [-0.4, -0.2) is 22.7 Å². The third-order valence-electron chi connectivity index (χ3n) is 3.08. The number of ether oxygens (including phenoxy) is 1. The van der Waals surface area contributed by atoms with E-state index in [-0.39, 0.29) is 12.5 Å². The summed E-state index contributed by atoms with van der Waals surface area (Å²) in [6.07, 6.45) is 0. The van der Waals surface area contributed by atoms with Crippen LogP contribution in [-0.2, 0) is 4.79 Å². The van der Waals surface area contributed by atoms with Crippen LogP contribution in [0.15, 0.2) is 54.6 Å². The predicted octanol–water partition coefficient (Wildman–Crippen LogP) is 3.53. The fraction of sp³-hybridized carbons (Fsp3) is 0.118. The molecule has 0 saturated heterocycles. The molecule has 23 heavy (non-hydrogen) atoms. The summed E-state index contributed by atoms with van der Waals surface area (Å²) in [6.45, 7) is 1.96. The highest BCUT2D eigenvalue weighted by atomic mass is 32.1. The third-order valence-corrected chi connectivity index (χ3v) is 3.97. The van der Waals surface area contributed by atoms with Crippen molar-refractivity contribution >= 4 is 22.4 Å². The normalized spacial score (nSPS) is 10.3. The van der Waals surface area contributed by atoms with E-state index in [0.717, 1.165) is 10.6 Å². The molecule has 1 heterocycles. The van der Waals surface area contributed by atoms with E-state index in [9.17, 15) is 4.79 Å². The van der Waals surface area contributed by atoms with Gasteiger partial charge in [0.2, 0.25) is 5.13 Å². The quantitative estimate of drug-likeness (QED) is 0.779. The van der Waals surface area contributed by atoms with Gasteiger partial charge in [0.1, 0.15) is 10.8 Å². The van der Waals surface area contributed by atoms with Crippen LogP contribution in [0.1, 0.15) is 5.56 Å². The van der Waals surface area contributed by atoms with Crippen molar-refractivity contribution in [2.45, 2.75) is 6.92 Å². The summed E-state index contributed by atoms with van der Waals surface area (Å²) in [5.74, 6) is 0.390. The molecule has 1 aromatic heterocycles. The summed E-state index contributed by atoms with van der Waals surface area (Å²) in [5, 5.41) is 12.0. The van der Waals surface area contributed by atoms with E-state index in [1.165, 1.54) is 16.9 Å². The zero-order valence-corrected chi connectivity index (χ0v) is 13.3. The number of amides is 1. The van der Waals surface area contributed by atoms with Crippen molar-refractivity contribution in [1.29, 1.82) is 0 Å². The van der Waals surface area contributed by atoms with Crippen LogP contribution in [0.3, 0.4) is 0 Å². The first kappa shape index (κ1) is 15.2. The number of carbonyl (C=O) groups excluding carboxylic acids is 1. The number of aryl methyl sites for hydroxylation is 1. The van der Waals surface area contributed by atoms with Gasteiger partial charge in [0.15, 0.2) is 6.61 Å². The number of hydrogen-bond donors (Lipinski definition) is 1. The molecule has 0 bridgehead atoms. The lowest BCUT2D eigenvalue weighted by molar-refractivity contribution is -0.118. The zero-order valence-electron chi connectivity index (χ0n) is 12.5. The van der Waals surface area contributed by atoms with Crippen molar-refractivity contribution in [3.05, 3.63) is 60.2 Å². The second-order valence-electron chi connectivity index (χ2n) is 4.93. The Balaban J connectivity index is 1.58. The van der Waals surface area contributed by atoms with Gasteiger partial charge in [-0.15, -0.1) is 10.2 Å². The number of aromatic nitrogens is 2. The fourth-order valence-electron chi connectivity index (χ4n) is 1.91. The summed E-state index contributed by atoms with van der Waals surface area (Å²) >= 11 is 1.33. The molecule has 6 heteroatoms. The second-order valence-corrected chi connectivity index (χ2v) is 5.91. The summed E-state index contributed by atoms with van der Waals surface area (Å²) in [5.41, 5.74) is 2.17. The van der Waals surface area contributed by atoms with Gasteiger partial charge >= 0.3 is 0 Å². The standard InChI is InChI=1S/C17H15N3O2S/c1-12-7-9-13(10-8-12)16-19-20-17(23-16)18-15(21)11-22-14-5-3-2-4-6-14/h2-10H,11H2,1H3,(H,18,20,21). The molecule has 0 aliphatic heterocycles. The van der Waals surface area contributed by atoms with E-state index in [1.807, 2.05) is 49.4 Å². The average molecular weight is 325 g/mol. The van der Waals surface area contributed by atoms with E-state index >= 15 is 0 Å². The van der Waals surface area contributed by atoms with Gasteiger partial charge in [-0.1, -0.05) is 59.4 Å². The number of hydrogen-bond acceptors (Lipinski definition) is 5. The van der Waals surface area contributed by atoms with Gasteiger partial charge in [0, 0.05) is 5.56 Å². The molecular weight excluding hydrogens is 310 g/mol. The van der Waals surface area contributed by atoms with Crippen LogP contribution in [0.2, 0.25) is 0 Å². The lowest BCUT2D eigenvalue weighted by Gasteiger charge is -2.04. The SMILES string of the molecule is Cc1ccc(-c2nnc(NC(=O)COc3ccccc3)s2)cc1. The number of nitrogens with zero attached hydrogens (tertiary/aromatic N) is 2. The van der Waals surface area contributed by atoms with Gasteiger partial charge in [-0.3, -0.25) is 10.1 Å². The van der Waals surface area contributed by atoms with Gasteiger partial charge in [0.25, 0.3) is 5.91 Å². The van der Waals surface area contributed by atoms with Crippen LogP contribution < -0.4 is 10.1 Å². The first-order valence-electron chi connectivity index (χ1n) is 7.09. The van der Waals surface area contributed by atoms with Crippen molar-refractivity contribution < 1.29 is 9.53 Å². The molecule has 0 aliphatic rings. The third kappa shape index (κ3) is 4.14. The van der Waals surface area contributed by atoms with Gasteiger partial charge in [-0.25, -0.2) is 0 Å². The Labute approximate surface area is 138 Å². The zero-order chi connectivity index (χ0) is 16.1. The molecule has 3 aromatic rings. The summed E-state index contributed by atoms with van der Waals surface area (Å²) in [6, 6.07) is 17.2. The highest BCUT2D eigenvalue weighted by Crippen LogP contribution is 2.26. The molecule has 116 valence electrons. The summed E-state index contributed by atoms with van der Waals surface area (Å²) in [4.78, 5) is 11.9. The van der Waals surface area contributed by atoms with Crippen LogP contribution in [0.25, 0.3) is 10.6 Å². The maximum absolute atomic E-state index is 11.9. The topological polar surface area (TPSA) is 64.1 Å². The number of benzene rings is 2. The molecule has 0 saturated carbocycles. The van der Waals surface area contributed by atoms with Gasteiger partial charge < -0.3 is 4.74 Å². The Morgan fingerprint density at radius 3 is 2.57 bits per heavy atom. The van der Waals surface area contributed by atoms with E-state index in [4.69, 9.17) is 4.74 Å². The molecule has 2 aromatic carbocycles. The first-order valence-corrected chi connectivity index (χ1v) is 7.90. The molecule has 0 radical (unpaired) electrons. The molecule has 1 amide bonds. The maximum atomic E-state index is 11.9. The van der Waals surface area contributed by atoms with Crippen LogP contribution in [0.5, 0.6) is 5.75 Å². The van der Waals surface area contributed by atoms with Gasteiger partial charge in [-0.05, 0) is 19.1 Å². The fourth-order valence-corrected chi connectivity index (χ4v) is 2.67. The average Bonchev–Trinajstić information content (AvgIpc) is 3.03. The van der Waals surface area contributed by atoms with E-state index in [2.05, 4.69) is 15.5 Å². The molecule has 5 nitrogen and oxygen atoms in total. The number of nitrogens with one attached hydrogen (secondary N) is 1. The Hall–Kier alpha value is -2.73. The number of rotatable bonds is 5.